The Morgan fingerprint density at radius 3 is 2.68 bits per heavy atom. The van der Waals surface area contributed by atoms with E-state index in [0.29, 0.717) is 10.9 Å². The lowest BCUT2D eigenvalue weighted by molar-refractivity contribution is 0.262. The van der Waals surface area contributed by atoms with E-state index in [4.69, 9.17) is 0 Å². The second-order valence-electron chi connectivity index (χ2n) is 3.78. The number of hydrogen-bond acceptors (Lipinski definition) is 4. The summed E-state index contributed by atoms with van der Waals surface area (Å²) < 4.78 is 1.04. The van der Waals surface area contributed by atoms with Gasteiger partial charge in [-0.15, -0.1) is 0 Å². The average Bonchev–Trinajstić information content (AvgIpc) is 2.81. The van der Waals surface area contributed by atoms with E-state index in [9.17, 15) is 4.79 Å². The Bertz CT molecular complexity index is 678. The number of benzene rings is 1. The molecule has 3 rings (SSSR count). The van der Waals surface area contributed by atoms with Crippen LogP contribution in [-0.4, -0.2) is 16.0 Å². The van der Waals surface area contributed by atoms with Gasteiger partial charge in [-0.1, -0.05) is 29.5 Å². The molecule has 2 heterocycles. The molecule has 0 saturated carbocycles. The molecule has 0 aliphatic carbocycles. The molecule has 5 nitrogen and oxygen atoms in total. The molecule has 0 aliphatic heterocycles. The number of para-hydroxylation sites is 1. The summed E-state index contributed by atoms with van der Waals surface area (Å²) in [6, 6.07) is 12.7. The highest BCUT2D eigenvalue weighted by molar-refractivity contribution is 7.22. The first-order chi connectivity index (χ1) is 9.31. The molecule has 0 saturated heterocycles. The van der Waals surface area contributed by atoms with Crippen molar-refractivity contribution < 1.29 is 4.79 Å². The van der Waals surface area contributed by atoms with Crippen LogP contribution in [0.1, 0.15) is 0 Å². The van der Waals surface area contributed by atoms with Gasteiger partial charge in [-0.2, -0.15) is 0 Å². The molecule has 0 unspecified atom stereocenters. The molecule has 0 radical (unpaired) electrons. The van der Waals surface area contributed by atoms with E-state index in [1.54, 1.807) is 24.4 Å². The minimum Gasteiger partial charge on any atom is -0.292 e. The molecular formula is C13H10N4OS. The first-order valence-corrected chi connectivity index (χ1v) is 6.47. The highest BCUT2D eigenvalue weighted by atomic mass is 32.1. The van der Waals surface area contributed by atoms with E-state index in [0.717, 1.165) is 10.2 Å². The van der Waals surface area contributed by atoms with Crippen LogP contribution >= 0.6 is 11.3 Å². The third-order valence-corrected chi connectivity index (χ3v) is 3.37. The lowest BCUT2D eigenvalue weighted by Crippen LogP contribution is -2.19. The zero-order valence-corrected chi connectivity index (χ0v) is 10.6. The van der Waals surface area contributed by atoms with Crippen molar-refractivity contribution in [1.82, 2.24) is 9.97 Å². The highest BCUT2D eigenvalue weighted by Gasteiger charge is 2.07. The molecule has 19 heavy (non-hydrogen) atoms. The normalized spacial score (nSPS) is 10.3. The van der Waals surface area contributed by atoms with Crippen molar-refractivity contribution in [3.63, 3.8) is 0 Å². The van der Waals surface area contributed by atoms with Crippen LogP contribution in [0.2, 0.25) is 0 Å². The third kappa shape index (κ3) is 2.69. The van der Waals surface area contributed by atoms with Crippen molar-refractivity contribution >= 4 is 38.5 Å². The largest absolute Gasteiger partial charge is 0.326 e. The number of rotatable bonds is 2. The van der Waals surface area contributed by atoms with Gasteiger partial charge in [-0.25, -0.2) is 14.8 Å². The maximum absolute atomic E-state index is 11.8. The number of nitrogens with one attached hydrogen (secondary N) is 2. The smallest absolute Gasteiger partial charge is 0.292 e. The van der Waals surface area contributed by atoms with E-state index < -0.39 is 0 Å². The van der Waals surface area contributed by atoms with Gasteiger partial charge in [0.25, 0.3) is 0 Å². The molecule has 0 fully saturated rings. The Hall–Kier alpha value is -2.47. The van der Waals surface area contributed by atoms with Crippen molar-refractivity contribution in [3.05, 3.63) is 48.7 Å². The summed E-state index contributed by atoms with van der Waals surface area (Å²) in [4.78, 5) is 20.1. The first kappa shape index (κ1) is 11.6. The fourth-order valence-corrected chi connectivity index (χ4v) is 2.47. The zero-order chi connectivity index (χ0) is 13.1. The predicted octanol–water partition coefficient (Wildman–Crippen LogP) is 3.34. The number of aromatic nitrogens is 2. The van der Waals surface area contributed by atoms with Crippen LogP contribution in [0.5, 0.6) is 0 Å². The number of pyridine rings is 1. The summed E-state index contributed by atoms with van der Waals surface area (Å²) in [6.45, 7) is 0. The average molecular weight is 270 g/mol. The van der Waals surface area contributed by atoms with Gasteiger partial charge < -0.3 is 0 Å². The maximum Gasteiger partial charge on any atom is 0.326 e. The Balaban J connectivity index is 1.72. The number of urea groups is 1. The third-order valence-electron chi connectivity index (χ3n) is 2.42. The standard InChI is InChI=1S/C13H10N4OS/c18-12(16-11-7-3-4-8-14-11)17-13-15-9-5-1-2-6-10(9)19-13/h1-8H,(H2,14,15,16,17,18). The van der Waals surface area contributed by atoms with Gasteiger partial charge in [0.2, 0.25) is 0 Å². The molecule has 0 bridgehead atoms. The maximum atomic E-state index is 11.8. The van der Waals surface area contributed by atoms with Crippen molar-refractivity contribution in [2.45, 2.75) is 0 Å². The zero-order valence-electron chi connectivity index (χ0n) is 9.83. The summed E-state index contributed by atoms with van der Waals surface area (Å²) in [7, 11) is 0. The monoisotopic (exact) mass is 270 g/mol. The van der Waals surface area contributed by atoms with Crippen LogP contribution < -0.4 is 10.6 Å². The van der Waals surface area contributed by atoms with E-state index >= 15 is 0 Å². The van der Waals surface area contributed by atoms with Crippen LogP contribution in [0.4, 0.5) is 15.7 Å². The molecule has 0 aliphatic rings. The number of hydrogen-bond donors (Lipinski definition) is 2. The number of amides is 2. The molecule has 2 amide bonds. The topological polar surface area (TPSA) is 66.9 Å². The molecule has 94 valence electrons. The molecular weight excluding hydrogens is 260 g/mol. The fraction of sp³-hybridized carbons (Fsp3) is 0. The van der Waals surface area contributed by atoms with Crippen LogP contribution in [0.25, 0.3) is 10.2 Å². The Morgan fingerprint density at radius 2 is 1.89 bits per heavy atom. The number of anilines is 2. The van der Waals surface area contributed by atoms with Gasteiger partial charge in [0.1, 0.15) is 5.82 Å². The minimum absolute atomic E-state index is 0.349. The van der Waals surface area contributed by atoms with Crippen LogP contribution in [0, 0.1) is 0 Å². The Kier molecular flexibility index (Phi) is 3.07. The van der Waals surface area contributed by atoms with Crippen molar-refractivity contribution in [1.29, 1.82) is 0 Å². The molecule has 2 aromatic heterocycles. The lowest BCUT2D eigenvalue weighted by Gasteiger charge is -2.03. The SMILES string of the molecule is O=C(Nc1ccccn1)Nc1nc2ccccc2s1. The summed E-state index contributed by atoms with van der Waals surface area (Å²) in [5.74, 6) is 0.501. The number of nitrogens with zero attached hydrogens (tertiary/aromatic N) is 2. The van der Waals surface area contributed by atoms with Crippen molar-refractivity contribution in [2.24, 2.45) is 0 Å². The molecule has 2 N–H and O–H groups in total. The Labute approximate surface area is 113 Å². The number of fused-ring (bicyclic) bond motifs is 1. The van der Waals surface area contributed by atoms with Gasteiger partial charge >= 0.3 is 6.03 Å². The van der Waals surface area contributed by atoms with E-state index in [2.05, 4.69) is 20.6 Å². The quantitative estimate of drug-likeness (QED) is 0.750. The second kappa shape index (κ2) is 5.03. The number of carbonyl (C=O) groups excluding carboxylic acids is 1. The molecule has 0 spiro atoms. The van der Waals surface area contributed by atoms with Gasteiger partial charge in [0.05, 0.1) is 10.2 Å². The van der Waals surface area contributed by atoms with Crippen LogP contribution in [0.3, 0.4) is 0 Å². The van der Waals surface area contributed by atoms with E-state index in [-0.39, 0.29) is 6.03 Å². The van der Waals surface area contributed by atoms with Gasteiger partial charge in [0, 0.05) is 6.20 Å². The second-order valence-corrected chi connectivity index (χ2v) is 4.81. The van der Waals surface area contributed by atoms with Crippen LogP contribution in [-0.2, 0) is 0 Å². The predicted molar refractivity (Wildman–Crippen MR) is 76.5 cm³/mol. The lowest BCUT2D eigenvalue weighted by atomic mass is 10.3. The summed E-state index contributed by atoms with van der Waals surface area (Å²) >= 11 is 1.43. The molecule has 0 atom stereocenters. The molecule has 1 aromatic carbocycles. The summed E-state index contributed by atoms with van der Waals surface area (Å²) in [5.41, 5.74) is 0.876. The summed E-state index contributed by atoms with van der Waals surface area (Å²) in [6.07, 6.45) is 1.62. The minimum atomic E-state index is -0.349. The summed E-state index contributed by atoms with van der Waals surface area (Å²) in [5, 5.41) is 5.90. The Morgan fingerprint density at radius 1 is 1.05 bits per heavy atom. The van der Waals surface area contributed by atoms with Crippen LogP contribution in [0.15, 0.2) is 48.7 Å². The van der Waals surface area contributed by atoms with Crippen molar-refractivity contribution in [2.75, 3.05) is 10.6 Å². The number of thiazole rings is 1. The van der Waals surface area contributed by atoms with Gasteiger partial charge in [-0.3, -0.25) is 10.6 Å². The molecule has 3 aromatic rings. The van der Waals surface area contributed by atoms with Gasteiger partial charge in [0.15, 0.2) is 5.13 Å². The molecule has 6 heteroatoms. The van der Waals surface area contributed by atoms with Crippen molar-refractivity contribution in [3.8, 4) is 0 Å². The highest BCUT2D eigenvalue weighted by Crippen LogP contribution is 2.25. The first-order valence-electron chi connectivity index (χ1n) is 5.66. The van der Waals surface area contributed by atoms with Gasteiger partial charge in [-0.05, 0) is 24.3 Å². The van der Waals surface area contributed by atoms with E-state index in [1.165, 1.54) is 11.3 Å². The fourth-order valence-electron chi connectivity index (χ4n) is 1.61. The number of carbonyl (C=O) groups is 1. The van der Waals surface area contributed by atoms with E-state index in [1.807, 2.05) is 24.3 Å².